The summed E-state index contributed by atoms with van der Waals surface area (Å²) in [4.78, 5) is 13.5. The van der Waals surface area contributed by atoms with Gasteiger partial charge in [-0.15, -0.1) is 0 Å². The Bertz CT molecular complexity index is 622. The Morgan fingerprint density at radius 3 is 1.64 bits per heavy atom. The van der Waals surface area contributed by atoms with Gasteiger partial charge in [-0.3, -0.25) is 4.79 Å². The number of esters is 1. The Kier molecular flexibility index (Phi) is 28.0. The van der Waals surface area contributed by atoms with Crippen molar-refractivity contribution >= 4 is 5.97 Å². The first-order valence-corrected chi connectivity index (χ1v) is 19.9. The van der Waals surface area contributed by atoms with Crippen LogP contribution in [0.1, 0.15) is 213 Å². The molecule has 1 rings (SSSR count). The zero-order valence-corrected chi connectivity index (χ0v) is 30.4. The second kappa shape index (κ2) is 29.8. The van der Waals surface area contributed by atoms with E-state index in [1.165, 1.54) is 161 Å². The maximum Gasteiger partial charge on any atom is 0.311 e. The average molecular weight is 623 g/mol. The summed E-state index contributed by atoms with van der Waals surface area (Å²) in [5.74, 6) is -0.0875. The van der Waals surface area contributed by atoms with E-state index in [1.807, 2.05) is 14.2 Å². The number of carbonyl (C=O) groups is 1. The van der Waals surface area contributed by atoms with Crippen LogP contribution in [-0.4, -0.2) is 38.5 Å². The molecule has 1 aliphatic carbocycles. The van der Waals surface area contributed by atoms with Crippen molar-refractivity contribution in [2.75, 3.05) is 20.8 Å². The van der Waals surface area contributed by atoms with E-state index in [0.717, 1.165) is 38.5 Å². The van der Waals surface area contributed by atoms with E-state index in [4.69, 9.17) is 14.2 Å². The molecule has 0 aromatic rings. The first-order chi connectivity index (χ1) is 21.6. The van der Waals surface area contributed by atoms with Crippen LogP contribution >= 0.6 is 0 Å². The molecule has 1 saturated carbocycles. The highest BCUT2D eigenvalue weighted by molar-refractivity contribution is 5.74. The van der Waals surface area contributed by atoms with Gasteiger partial charge in [-0.25, -0.2) is 0 Å². The van der Waals surface area contributed by atoms with Gasteiger partial charge >= 0.3 is 5.97 Å². The minimum Gasteiger partial charge on any atom is -0.465 e. The lowest BCUT2D eigenvalue weighted by atomic mass is 9.76. The highest BCUT2D eigenvalue weighted by Gasteiger charge is 2.43. The largest absolute Gasteiger partial charge is 0.465 e. The Labute approximate surface area is 275 Å². The van der Waals surface area contributed by atoms with Gasteiger partial charge in [0.05, 0.1) is 24.2 Å². The summed E-state index contributed by atoms with van der Waals surface area (Å²) in [6.45, 7) is 5.11. The first-order valence-electron chi connectivity index (χ1n) is 19.9. The third kappa shape index (κ3) is 20.5. The number of rotatable bonds is 27. The summed E-state index contributed by atoms with van der Waals surface area (Å²) in [7, 11) is 3.75. The minimum atomic E-state index is -0.338. The normalized spacial score (nSPS) is 20.7. The van der Waals surface area contributed by atoms with Crippen LogP contribution in [0, 0.1) is 5.92 Å². The second-order valence-electron chi connectivity index (χ2n) is 14.2. The fraction of sp³-hybridized carbons (Fsp3) is 0.975. The molecule has 0 N–H and O–H groups in total. The van der Waals surface area contributed by atoms with Gasteiger partial charge in [-0.1, -0.05) is 174 Å². The number of carbonyl (C=O) groups excluding carboxylic acids is 1. The monoisotopic (exact) mass is 623 g/mol. The molecule has 0 bridgehead atoms. The van der Waals surface area contributed by atoms with Crippen LogP contribution in [0.3, 0.4) is 0 Å². The highest BCUT2D eigenvalue weighted by atomic mass is 16.5. The Hall–Kier alpha value is -0.610. The van der Waals surface area contributed by atoms with Gasteiger partial charge in [0.25, 0.3) is 0 Å². The number of unbranched alkanes of at least 4 members (excludes halogenated alkanes) is 16. The van der Waals surface area contributed by atoms with E-state index < -0.39 is 0 Å². The molecule has 0 saturated heterocycles. The van der Waals surface area contributed by atoms with Gasteiger partial charge < -0.3 is 14.2 Å². The summed E-state index contributed by atoms with van der Waals surface area (Å²) in [5, 5.41) is 0. The highest BCUT2D eigenvalue weighted by Crippen LogP contribution is 2.38. The van der Waals surface area contributed by atoms with Crippen molar-refractivity contribution in [1.29, 1.82) is 0 Å². The molecule has 0 aliphatic heterocycles. The van der Waals surface area contributed by atoms with Gasteiger partial charge in [-0.05, 0) is 38.5 Å². The van der Waals surface area contributed by atoms with Crippen LogP contribution in [0.5, 0.6) is 0 Å². The Morgan fingerprint density at radius 1 is 0.614 bits per heavy atom. The zero-order chi connectivity index (χ0) is 32.0. The molecule has 4 heteroatoms. The van der Waals surface area contributed by atoms with Gasteiger partial charge in [0.2, 0.25) is 0 Å². The number of methoxy groups -OCH3 is 2. The Morgan fingerprint density at radius 2 is 1.09 bits per heavy atom. The van der Waals surface area contributed by atoms with Gasteiger partial charge in [0.1, 0.15) is 0 Å². The number of hydrogen-bond donors (Lipinski definition) is 0. The lowest BCUT2D eigenvalue weighted by Gasteiger charge is -2.39. The minimum absolute atomic E-state index is 0.0197. The average Bonchev–Trinajstić information content (AvgIpc) is 3.08. The molecule has 1 aliphatic rings. The molecule has 44 heavy (non-hydrogen) atoms. The van der Waals surface area contributed by atoms with Crippen molar-refractivity contribution in [3.05, 3.63) is 0 Å². The van der Waals surface area contributed by atoms with E-state index in [9.17, 15) is 4.79 Å². The van der Waals surface area contributed by atoms with Crippen LogP contribution < -0.4 is 0 Å². The number of hydrogen-bond acceptors (Lipinski definition) is 4. The van der Waals surface area contributed by atoms with E-state index in [2.05, 4.69) is 13.8 Å². The molecule has 1 fully saturated rings. The van der Waals surface area contributed by atoms with E-state index >= 15 is 0 Å². The fourth-order valence-electron chi connectivity index (χ4n) is 7.44. The quantitative estimate of drug-likeness (QED) is 0.0675. The molecular formula is C40H78O4. The van der Waals surface area contributed by atoms with Crippen LogP contribution in [0.4, 0.5) is 0 Å². The summed E-state index contributed by atoms with van der Waals surface area (Å²) >= 11 is 0. The maximum absolute atomic E-state index is 13.5. The van der Waals surface area contributed by atoms with Crippen LogP contribution in [0.15, 0.2) is 0 Å². The number of ether oxygens (including phenoxy) is 3. The molecule has 0 heterocycles. The summed E-state index contributed by atoms with van der Waals surface area (Å²) < 4.78 is 18.0. The van der Waals surface area contributed by atoms with Crippen molar-refractivity contribution in [3.63, 3.8) is 0 Å². The maximum atomic E-state index is 13.5. The molecule has 3 atom stereocenters. The fourth-order valence-corrected chi connectivity index (χ4v) is 7.44. The molecule has 0 aromatic heterocycles. The van der Waals surface area contributed by atoms with Crippen molar-refractivity contribution in [1.82, 2.24) is 0 Å². The molecule has 0 radical (unpaired) electrons. The van der Waals surface area contributed by atoms with E-state index in [0.29, 0.717) is 12.7 Å². The van der Waals surface area contributed by atoms with Crippen LogP contribution in [-0.2, 0) is 19.0 Å². The molecule has 262 valence electrons. The van der Waals surface area contributed by atoms with Gasteiger partial charge in [0, 0.05) is 14.2 Å². The molecule has 4 nitrogen and oxygen atoms in total. The lowest BCUT2D eigenvalue weighted by molar-refractivity contribution is -0.165. The van der Waals surface area contributed by atoms with Crippen molar-refractivity contribution in [3.8, 4) is 0 Å². The topological polar surface area (TPSA) is 44.8 Å². The van der Waals surface area contributed by atoms with E-state index in [1.54, 1.807) is 0 Å². The second-order valence-corrected chi connectivity index (χ2v) is 14.2. The van der Waals surface area contributed by atoms with E-state index in [-0.39, 0.29) is 17.5 Å². The summed E-state index contributed by atoms with van der Waals surface area (Å²) in [5.41, 5.74) is -0.338. The standard InChI is InChI=1S/C40H78O4/c1-5-7-9-25-31-37(42-3)32-26-21-17-14-12-11-13-15-20-24-30-36-44-39(41)38-33-27-22-18-16-19-23-29-35-40(38,43-4)34-28-10-8-6-2/h37-38H,5-36H2,1-4H3. The first kappa shape index (κ1) is 41.4. The van der Waals surface area contributed by atoms with Crippen LogP contribution in [0.25, 0.3) is 0 Å². The summed E-state index contributed by atoms with van der Waals surface area (Å²) in [6.07, 6.45) is 39.1. The molecule has 0 spiro atoms. The predicted molar refractivity (Wildman–Crippen MR) is 189 cm³/mol. The smallest absolute Gasteiger partial charge is 0.311 e. The molecule has 0 aromatic carbocycles. The van der Waals surface area contributed by atoms with Crippen LogP contribution in [0.2, 0.25) is 0 Å². The van der Waals surface area contributed by atoms with Crippen molar-refractivity contribution in [2.24, 2.45) is 5.92 Å². The zero-order valence-electron chi connectivity index (χ0n) is 30.4. The van der Waals surface area contributed by atoms with Gasteiger partial charge in [-0.2, -0.15) is 0 Å². The molecular weight excluding hydrogens is 544 g/mol. The predicted octanol–water partition coefficient (Wildman–Crippen LogP) is 12.7. The lowest BCUT2D eigenvalue weighted by Crippen LogP contribution is -2.45. The third-order valence-electron chi connectivity index (χ3n) is 10.5. The van der Waals surface area contributed by atoms with Gasteiger partial charge in [0.15, 0.2) is 0 Å². The molecule has 3 unspecified atom stereocenters. The van der Waals surface area contributed by atoms with Crippen molar-refractivity contribution in [2.45, 2.75) is 225 Å². The summed E-state index contributed by atoms with van der Waals surface area (Å²) in [6, 6.07) is 0. The van der Waals surface area contributed by atoms with Crippen molar-refractivity contribution < 1.29 is 19.0 Å². The SMILES string of the molecule is CCCCCCC(CCCCCCCCCCCCCOC(=O)C1CCCCCCCCCC1(CCCCCC)OC)OC. The third-order valence-corrected chi connectivity index (χ3v) is 10.5. The Balaban J connectivity index is 2.22. The molecule has 0 amide bonds.